The second-order valence-electron chi connectivity index (χ2n) is 6.51. The second-order valence-corrected chi connectivity index (χ2v) is 8.60. The maximum Gasteiger partial charge on any atom is 0.416 e. The lowest BCUT2D eigenvalue weighted by atomic mass is 10.2. The molecule has 0 saturated carbocycles. The highest BCUT2D eigenvalue weighted by Crippen LogP contribution is 2.34. The number of carbonyl (C=O) groups excluding carboxylic acids is 1. The summed E-state index contributed by atoms with van der Waals surface area (Å²) in [7, 11) is -2.83. The highest BCUT2D eigenvalue weighted by atomic mass is 35.5. The van der Waals surface area contributed by atoms with Gasteiger partial charge in [0.2, 0.25) is 0 Å². The molecule has 3 aromatic carbocycles. The number of hydrogen-bond acceptors (Lipinski definition) is 4. The van der Waals surface area contributed by atoms with E-state index in [1.165, 1.54) is 25.3 Å². The molecule has 0 saturated heterocycles. The Hall–Kier alpha value is -3.24. The molecule has 0 aliphatic heterocycles. The van der Waals surface area contributed by atoms with Crippen molar-refractivity contribution < 1.29 is 31.1 Å². The number of sulfonamides is 1. The van der Waals surface area contributed by atoms with Gasteiger partial charge in [-0.15, -0.1) is 0 Å². The molecule has 0 unspecified atom stereocenters. The van der Waals surface area contributed by atoms with E-state index >= 15 is 0 Å². The van der Waals surface area contributed by atoms with Crippen molar-refractivity contribution in [3.05, 3.63) is 82.9 Å². The van der Waals surface area contributed by atoms with Crippen molar-refractivity contribution in [2.75, 3.05) is 17.1 Å². The molecule has 0 heterocycles. The van der Waals surface area contributed by atoms with Gasteiger partial charge in [0.25, 0.3) is 15.9 Å². The third kappa shape index (κ3) is 5.51. The summed E-state index contributed by atoms with van der Waals surface area (Å²) >= 11 is 5.87. The minimum absolute atomic E-state index is 0.0267. The Balaban J connectivity index is 1.84. The fourth-order valence-electron chi connectivity index (χ4n) is 2.67. The van der Waals surface area contributed by atoms with Crippen LogP contribution in [0.3, 0.4) is 0 Å². The minimum atomic E-state index is -4.68. The number of ether oxygens (including phenoxy) is 1. The smallest absolute Gasteiger partial charge is 0.416 e. The van der Waals surface area contributed by atoms with Crippen molar-refractivity contribution in [2.24, 2.45) is 0 Å². The number of amides is 1. The van der Waals surface area contributed by atoms with E-state index in [0.29, 0.717) is 17.5 Å². The van der Waals surface area contributed by atoms with Crippen LogP contribution in [0.25, 0.3) is 0 Å². The summed E-state index contributed by atoms with van der Waals surface area (Å²) in [5.74, 6) is 0.0136. The molecule has 0 atom stereocenters. The summed E-state index contributed by atoms with van der Waals surface area (Å²) in [4.78, 5) is 12.2. The number of halogens is 4. The Kier molecular flexibility index (Phi) is 6.65. The van der Waals surface area contributed by atoms with E-state index in [1.54, 1.807) is 24.3 Å². The SMILES string of the molecule is COc1ccc(NC(=O)c2cccc(S(=O)(=O)Nc3cc(C(F)(F)F)ccc3Cl)c2)cc1. The van der Waals surface area contributed by atoms with Gasteiger partial charge in [0.1, 0.15) is 5.75 Å². The molecular formula is C21H16ClF3N2O4S. The van der Waals surface area contributed by atoms with Gasteiger partial charge in [-0.2, -0.15) is 13.2 Å². The van der Waals surface area contributed by atoms with Crippen LogP contribution in [0.4, 0.5) is 24.5 Å². The summed E-state index contributed by atoms with van der Waals surface area (Å²) in [5.41, 5.74) is -1.02. The Morgan fingerprint density at radius 3 is 2.31 bits per heavy atom. The van der Waals surface area contributed by atoms with Crippen LogP contribution in [0.5, 0.6) is 5.75 Å². The van der Waals surface area contributed by atoms with E-state index in [0.717, 1.165) is 18.2 Å². The topological polar surface area (TPSA) is 84.5 Å². The lowest BCUT2D eigenvalue weighted by molar-refractivity contribution is -0.137. The first-order valence-electron chi connectivity index (χ1n) is 8.94. The normalized spacial score (nSPS) is 11.7. The third-order valence-corrected chi connectivity index (χ3v) is 5.99. The fourth-order valence-corrected chi connectivity index (χ4v) is 4.00. The molecule has 6 nitrogen and oxygen atoms in total. The van der Waals surface area contributed by atoms with E-state index in [9.17, 15) is 26.4 Å². The summed E-state index contributed by atoms with van der Waals surface area (Å²) in [5, 5.41) is 2.40. The number of carbonyl (C=O) groups is 1. The predicted octanol–water partition coefficient (Wildman–Crippen LogP) is 5.42. The first kappa shape index (κ1) is 23.4. The van der Waals surface area contributed by atoms with Crippen molar-refractivity contribution in [3.63, 3.8) is 0 Å². The molecule has 168 valence electrons. The largest absolute Gasteiger partial charge is 0.497 e. The average Bonchev–Trinajstić information content (AvgIpc) is 2.75. The highest BCUT2D eigenvalue weighted by Gasteiger charge is 2.31. The van der Waals surface area contributed by atoms with Crippen molar-refractivity contribution in [1.29, 1.82) is 0 Å². The van der Waals surface area contributed by atoms with Crippen LogP contribution in [0.1, 0.15) is 15.9 Å². The molecule has 3 rings (SSSR count). The number of rotatable bonds is 6. The maximum absolute atomic E-state index is 12.9. The van der Waals surface area contributed by atoms with Crippen LogP contribution in [-0.4, -0.2) is 21.4 Å². The highest BCUT2D eigenvalue weighted by molar-refractivity contribution is 7.92. The minimum Gasteiger partial charge on any atom is -0.497 e. The fraction of sp³-hybridized carbons (Fsp3) is 0.0952. The number of hydrogen-bond donors (Lipinski definition) is 2. The number of anilines is 2. The summed E-state index contributed by atoms with van der Waals surface area (Å²) in [6.45, 7) is 0. The maximum atomic E-state index is 12.9. The van der Waals surface area contributed by atoms with Gasteiger partial charge in [0.05, 0.1) is 28.3 Å². The average molecular weight is 485 g/mol. The number of nitrogens with one attached hydrogen (secondary N) is 2. The first-order valence-corrected chi connectivity index (χ1v) is 10.8. The van der Waals surface area contributed by atoms with Crippen molar-refractivity contribution in [2.45, 2.75) is 11.1 Å². The Morgan fingerprint density at radius 2 is 1.69 bits per heavy atom. The Labute approximate surface area is 187 Å². The molecule has 2 N–H and O–H groups in total. The Morgan fingerprint density at radius 1 is 1.00 bits per heavy atom. The number of alkyl halides is 3. The van der Waals surface area contributed by atoms with E-state index in [1.807, 2.05) is 4.72 Å². The Bertz CT molecular complexity index is 1250. The lowest BCUT2D eigenvalue weighted by Gasteiger charge is -2.13. The van der Waals surface area contributed by atoms with E-state index < -0.39 is 33.4 Å². The van der Waals surface area contributed by atoms with Crippen LogP contribution in [0, 0.1) is 0 Å². The van der Waals surface area contributed by atoms with Crippen molar-refractivity contribution >= 4 is 38.9 Å². The van der Waals surface area contributed by atoms with Gasteiger partial charge < -0.3 is 10.1 Å². The molecule has 32 heavy (non-hydrogen) atoms. The molecule has 11 heteroatoms. The molecular weight excluding hydrogens is 469 g/mol. The van der Waals surface area contributed by atoms with Gasteiger partial charge in [-0.1, -0.05) is 17.7 Å². The van der Waals surface area contributed by atoms with Crippen LogP contribution < -0.4 is 14.8 Å². The standard InChI is InChI=1S/C21H16ClF3N2O4S/c1-31-16-8-6-15(7-9-16)26-20(28)13-3-2-4-17(11-13)32(29,30)27-19-12-14(21(23,24)25)5-10-18(19)22/h2-12,27H,1H3,(H,26,28). The van der Waals surface area contributed by atoms with Gasteiger partial charge in [-0.3, -0.25) is 9.52 Å². The van der Waals surface area contributed by atoms with Crippen molar-refractivity contribution in [3.8, 4) is 5.75 Å². The second kappa shape index (κ2) is 9.09. The molecule has 0 aliphatic rings. The van der Waals surface area contributed by atoms with Gasteiger partial charge in [-0.05, 0) is 60.7 Å². The number of methoxy groups -OCH3 is 1. The zero-order valence-corrected chi connectivity index (χ0v) is 18.0. The molecule has 0 fully saturated rings. The summed E-state index contributed by atoms with van der Waals surface area (Å²) < 4.78 is 71.4. The predicted molar refractivity (Wildman–Crippen MR) is 115 cm³/mol. The van der Waals surface area contributed by atoms with E-state index in [2.05, 4.69) is 5.32 Å². The molecule has 0 aliphatic carbocycles. The van der Waals surface area contributed by atoms with Crippen LogP contribution in [0.2, 0.25) is 5.02 Å². The zero-order chi connectivity index (χ0) is 23.5. The van der Waals surface area contributed by atoms with Gasteiger partial charge >= 0.3 is 6.18 Å². The van der Waals surface area contributed by atoms with Gasteiger partial charge in [0.15, 0.2) is 0 Å². The molecule has 0 radical (unpaired) electrons. The first-order chi connectivity index (χ1) is 15.0. The monoisotopic (exact) mass is 484 g/mol. The molecule has 3 aromatic rings. The summed E-state index contributed by atoms with van der Waals surface area (Å²) in [6, 6.07) is 13.8. The molecule has 0 bridgehead atoms. The number of benzene rings is 3. The van der Waals surface area contributed by atoms with Crippen LogP contribution >= 0.6 is 11.6 Å². The summed E-state index contributed by atoms with van der Waals surface area (Å²) in [6.07, 6.45) is -4.68. The van der Waals surface area contributed by atoms with Crippen LogP contribution in [-0.2, 0) is 16.2 Å². The van der Waals surface area contributed by atoms with Crippen LogP contribution in [0.15, 0.2) is 71.6 Å². The van der Waals surface area contributed by atoms with E-state index in [4.69, 9.17) is 16.3 Å². The van der Waals surface area contributed by atoms with Gasteiger partial charge in [0, 0.05) is 11.3 Å². The molecule has 0 aromatic heterocycles. The third-order valence-electron chi connectivity index (χ3n) is 4.29. The quantitative estimate of drug-likeness (QED) is 0.489. The van der Waals surface area contributed by atoms with Crippen molar-refractivity contribution in [1.82, 2.24) is 0 Å². The molecule has 0 spiro atoms. The lowest BCUT2D eigenvalue weighted by Crippen LogP contribution is -2.16. The van der Waals surface area contributed by atoms with E-state index in [-0.39, 0.29) is 15.5 Å². The molecule has 1 amide bonds. The van der Waals surface area contributed by atoms with Gasteiger partial charge in [-0.25, -0.2) is 8.42 Å². The zero-order valence-electron chi connectivity index (χ0n) is 16.4.